The van der Waals surface area contributed by atoms with Crippen molar-refractivity contribution in [3.8, 4) is 11.5 Å². The molecule has 2 heterocycles. The van der Waals surface area contributed by atoms with Crippen molar-refractivity contribution in [2.45, 2.75) is 0 Å². The van der Waals surface area contributed by atoms with E-state index in [4.69, 9.17) is 4.74 Å². The van der Waals surface area contributed by atoms with Gasteiger partial charge in [-0.2, -0.15) is 0 Å². The molecule has 34 heavy (non-hydrogen) atoms. The fourth-order valence-corrected chi connectivity index (χ4v) is 4.38. The van der Waals surface area contributed by atoms with E-state index in [2.05, 4.69) is 88.8 Å². The summed E-state index contributed by atoms with van der Waals surface area (Å²) in [6, 6.07) is 39.5. The first kappa shape index (κ1) is 20.0. The maximum Gasteiger partial charge on any atom is 0.135 e. The van der Waals surface area contributed by atoms with E-state index < -0.39 is 0 Å². The van der Waals surface area contributed by atoms with Gasteiger partial charge < -0.3 is 9.64 Å². The molecular formula is C31H22N2O. The number of benzene rings is 4. The van der Waals surface area contributed by atoms with Gasteiger partial charge in [-0.1, -0.05) is 66.7 Å². The largest absolute Gasteiger partial charge is 0.456 e. The van der Waals surface area contributed by atoms with Crippen molar-refractivity contribution in [1.82, 2.24) is 4.98 Å². The molecule has 162 valence electrons. The number of pyridine rings is 1. The Morgan fingerprint density at radius 3 is 1.71 bits per heavy atom. The van der Waals surface area contributed by atoms with E-state index in [-0.39, 0.29) is 0 Å². The average Bonchev–Trinajstić information content (AvgIpc) is 2.91. The van der Waals surface area contributed by atoms with E-state index in [1.807, 2.05) is 54.9 Å². The minimum atomic E-state index is 0.886. The van der Waals surface area contributed by atoms with Gasteiger partial charge in [-0.25, -0.2) is 0 Å². The smallest absolute Gasteiger partial charge is 0.135 e. The Hall–Kier alpha value is -4.63. The molecule has 0 saturated heterocycles. The fraction of sp³-hybridized carbons (Fsp3) is 0. The van der Waals surface area contributed by atoms with Crippen molar-refractivity contribution in [1.29, 1.82) is 0 Å². The topological polar surface area (TPSA) is 25.4 Å². The van der Waals surface area contributed by atoms with Crippen LogP contribution in [0, 0.1) is 0 Å². The second-order valence-corrected chi connectivity index (χ2v) is 8.12. The lowest BCUT2D eigenvalue weighted by Gasteiger charge is -2.25. The van der Waals surface area contributed by atoms with Crippen LogP contribution >= 0.6 is 0 Å². The monoisotopic (exact) mass is 438 g/mol. The molecule has 3 heteroatoms. The minimum absolute atomic E-state index is 0.886. The summed E-state index contributed by atoms with van der Waals surface area (Å²) in [6.07, 6.45) is 5.89. The second kappa shape index (κ2) is 8.72. The number of hydrogen-bond acceptors (Lipinski definition) is 3. The maximum atomic E-state index is 6.14. The normalized spacial score (nSPS) is 11.7. The second-order valence-electron chi connectivity index (χ2n) is 8.12. The number of aromatic nitrogens is 1. The van der Waals surface area contributed by atoms with Gasteiger partial charge in [0, 0.05) is 40.6 Å². The lowest BCUT2D eigenvalue weighted by atomic mass is 9.92. The molecule has 0 N–H and O–H groups in total. The van der Waals surface area contributed by atoms with Crippen LogP contribution in [0.4, 0.5) is 17.1 Å². The van der Waals surface area contributed by atoms with E-state index >= 15 is 0 Å². The Labute approximate surface area is 199 Å². The van der Waals surface area contributed by atoms with Crippen molar-refractivity contribution in [3.63, 3.8) is 0 Å². The zero-order valence-electron chi connectivity index (χ0n) is 18.5. The Bertz CT molecular complexity index is 1370. The zero-order valence-corrected chi connectivity index (χ0v) is 18.5. The van der Waals surface area contributed by atoms with Crippen LogP contribution in [0.5, 0.6) is 11.5 Å². The van der Waals surface area contributed by atoms with E-state index in [0.29, 0.717) is 0 Å². The van der Waals surface area contributed by atoms with Crippen LogP contribution in [-0.2, 0) is 0 Å². The van der Waals surface area contributed by atoms with Crippen molar-refractivity contribution in [2.24, 2.45) is 0 Å². The van der Waals surface area contributed by atoms with E-state index in [9.17, 15) is 0 Å². The van der Waals surface area contributed by atoms with Crippen LogP contribution in [0.25, 0.3) is 11.6 Å². The summed E-state index contributed by atoms with van der Waals surface area (Å²) >= 11 is 0. The molecular weight excluding hydrogens is 416 g/mol. The Morgan fingerprint density at radius 1 is 0.529 bits per heavy atom. The van der Waals surface area contributed by atoms with Crippen LogP contribution in [0.3, 0.4) is 0 Å². The van der Waals surface area contributed by atoms with Gasteiger partial charge in [0.1, 0.15) is 11.5 Å². The van der Waals surface area contributed by atoms with Gasteiger partial charge >= 0.3 is 0 Å². The predicted octanol–water partition coefficient (Wildman–Crippen LogP) is 8.25. The van der Waals surface area contributed by atoms with Crippen molar-refractivity contribution in [3.05, 3.63) is 144 Å². The van der Waals surface area contributed by atoms with E-state index in [0.717, 1.165) is 45.3 Å². The predicted molar refractivity (Wildman–Crippen MR) is 139 cm³/mol. The average molecular weight is 439 g/mol. The molecule has 0 saturated carbocycles. The summed E-state index contributed by atoms with van der Waals surface area (Å²) in [4.78, 5) is 6.42. The molecule has 4 aromatic carbocycles. The summed E-state index contributed by atoms with van der Waals surface area (Å²) in [7, 11) is 0. The first-order valence-corrected chi connectivity index (χ1v) is 11.3. The van der Waals surface area contributed by atoms with Gasteiger partial charge in [-0.3, -0.25) is 4.98 Å². The Balaban J connectivity index is 1.42. The number of ether oxygens (including phenoxy) is 1. The standard InChI is InChI=1S/C31H22N2O/c1-2-8-24(9-3-1)33(26-18-20-32-21-19-26)25-16-14-23(15-17-25)22-29-27-10-4-6-12-30(27)34-31-13-7-5-11-28(29)31/h1-22H. The molecule has 0 radical (unpaired) electrons. The third-order valence-corrected chi connectivity index (χ3v) is 5.97. The Morgan fingerprint density at radius 2 is 1.06 bits per heavy atom. The number of para-hydroxylation sites is 3. The van der Waals surface area contributed by atoms with Gasteiger partial charge in [0.05, 0.1) is 0 Å². The van der Waals surface area contributed by atoms with Crippen LogP contribution in [0.1, 0.15) is 16.7 Å². The van der Waals surface area contributed by atoms with E-state index in [1.165, 1.54) is 5.57 Å². The SMILES string of the molecule is C(=C1c2ccccc2Oc2ccccc21)c1ccc(N(c2ccccc2)c2ccncc2)cc1. The number of hydrogen-bond donors (Lipinski definition) is 0. The van der Waals surface area contributed by atoms with Gasteiger partial charge in [-0.15, -0.1) is 0 Å². The molecule has 6 rings (SSSR count). The zero-order chi connectivity index (χ0) is 22.7. The minimum Gasteiger partial charge on any atom is -0.456 e. The summed E-state index contributed by atoms with van der Waals surface area (Å²) in [6.45, 7) is 0. The quantitative estimate of drug-likeness (QED) is 0.277. The molecule has 1 aromatic heterocycles. The van der Waals surface area contributed by atoms with Gasteiger partial charge in [0.2, 0.25) is 0 Å². The molecule has 0 fully saturated rings. The van der Waals surface area contributed by atoms with Gasteiger partial charge in [0.25, 0.3) is 0 Å². The van der Waals surface area contributed by atoms with Crippen molar-refractivity contribution < 1.29 is 4.74 Å². The lowest BCUT2D eigenvalue weighted by molar-refractivity contribution is 0.474. The molecule has 0 spiro atoms. The number of fused-ring (bicyclic) bond motifs is 2. The number of nitrogens with zero attached hydrogens (tertiary/aromatic N) is 2. The third-order valence-electron chi connectivity index (χ3n) is 5.97. The van der Waals surface area contributed by atoms with Gasteiger partial charge in [0.15, 0.2) is 0 Å². The molecule has 0 atom stereocenters. The molecule has 3 nitrogen and oxygen atoms in total. The van der Waals surface area contributed by atoms with Crippen molar-refractivity contribution in [2.75, 3.05) is 4.90 Å². The summed E-state index contributed by atoms with van der Waals surface area (Å²) < 4.78 is 6.14. The Kier molecular flexibility index (Phi) is 5.13. The van der Waals surface area contributed by atoms with Crippen LogP contribution in [0.2, 0.25) is 0 Å². The molecule has 0 bridgehead atoms. The summed E-state index contributed by atoms with van der Waals surface area (Å²) in [5, 5.41) is 0. The van der Waals surface area contributed by atoms with Crippen LogP contribution in [0.15, 0.2) is 128 Å². The molecule has 0 aliphatic carbocycles. The molecule has 0 amide bonds. The van der Waals surface area contributed by atoms with Crippen LogP contribution in [-0.4, -0.2) is 4.98 Å². The highest BCUT2D eigenvalue weighted by Gasteiger charge is 2.21. The summed E-state index contributed by atoms with van der Waals surface area (Å²) in [5.41, 5.74) is 7.77. The van der Waals surface area contributed by atoms with E-state index in [1.54, 1.807) is 0 Å². The highest BCUT2D eigenvalue weighted by atomic mass is 16.5. The molecule has 1 aliphatic heterocycles. The fourth-order valence-electron chi connectivity index (χ4n) is 4.38. The highest BCUT2D eigenvalue weighted by molar-refractivity contribution is 5.97. The summed E-state index contributed by atoms with van der Waals surface area (Å²) in [5.74, 6) is 1.77. The van der Waals surface area contributed by atoms with Crippen molar-refractivity contribution >= 4 is 28.7 Å². The van der Waals surface area contributed by atoms with Gasteiger partial charge in [-0.05, 0) is 65.7 Å². The first-order valence-electron chi connectivity index (χ1n) is 11.3. The molecule has 1 aliphatic rings. The maximum absolute atomic E-state index is 6.14. The highest BCUT2D eigenvalue weighted by Crippen LogP contribution is 2.44. The third kappa shape index (κ3) is 3.74. The first-order chi connectivity index (χ1) is 16.9. The van der Waals surface area contributed by atoms with Crippen LogP contribution < -0.4 is 9.64 Å². The molecule has 5 aromatic rings. The lowest BCUT2D eigenvalue weighted by Crippen LogP contribution is -2.09. The molecule has 0 unspecified atom stereocenters. The number of rotatable bonds is 4. The number of anilines is 3.